The van der Waals surface area contributed by atoms with E-state index in [-0.39, 0.29) is 22.4 Å². The molecule has 0 aliphatic carbocycles. The van der Waals surface area contributed by atoms with Gasteiger partial charge >= 0.3 is 5.97 Å². The Labute approximate surface area is 96.0 Å². The van der Waals surface area contributed by atoms with Crippen molar-refractivity contribution in [1.82, 2.24) is 0 Å². The molecule has 1 aromatic carbocycles. The van der Waals surface area contributed by atoms with E-state index in [1.165, 1.54) is 12.1 Å². The topological polar surface area (TPSA) is 91.7 Å². The van der Waals surface area contributed by atoms with Crippen LogP contribution in [0.2, 0.25) is 0 Å². The Balaban J connectivity index is 0.00000169. The van der Waals surface area contributed by atoms with Gasteiger partial charge in [0.05, 0.1) is 5.56 Å². The van der Waals surface area contributed by atoms with E-state index in [4.69, 9.17) is 9.66 Å². The number of carboxylic acid groups (broad SMARTS) is 1. The van der Waals surface area contributed by atoms with Crippen LogP contribution in [0.3, 0.4) is 0 Å². The molecule has 0 unspecified atom stereocenters. The molecule has 5 nitrogen and oxygen atoms in total. The van der Waals surface area contributed by atoms with E-state index in [9.17, 15) is 13.2 Å². The zero-order valence-corrected chi connectivity index (χ0v) is 8.94. The van der Waals surface area contributed by atoms with E-state index in [1.807, 2.05) is 0 Å². The largest absolute Gasteiger partial charge is 0.478 e. The fraction of sp³-hybridized carbons (Fsp3) is 0. The Morgan fingerprint density at radius 2 is 1.71 bits per heavy atom. The zero-order chi connectivity index (χ0) is 10.1. The van der Waals surface area contributed by atoms with Gasteiger partial charge in [-0.1, -0.05) is 12.1 Å². The molecular weight excluding hydrogens is 304 g/mol. The van der Waals surface area contributed by atoms with Crippen LogP contribution in [0.1, 0.15) is 10.4 Å². The standard InChI is InChI=1S/C7H6O5S.Ag/c8-7(9)5-3-1-2-4-6(5)13(10,11)12;/h1-4H,(H,8,9)(H,10,11,12);. The Bertz CT molecular complexity index is 439. The Morgan fingerprint density at radius 1 is 1.21 bits per heavy atom. The van der Waals surface area contributed by atoms with Crippen LogP contribution in [-0.4, -0.2) is 24.0 Å². The van der Waals surface area contributed by atoms with Gasteiger partial charge in [0.25, 0.3) is 10.1 Å². The van der Waals surface area contributed by atoms with Crippen molar-refractivity contribution in [3.05, 3.63) is 29.8 Å². The molecule has 2 N–H and O–H groups in total. The second-order valence-corrected chi connectivity index (χ2v) is 3.67. The number of hydrogen-bond acceptors (Lipinski definition) is 3. The van der Waals surface area contributed by atoms with Gasteiger partial charge in [-0.2, -0.15) is 8.42 Å². The Kier molecular flexibility index (Phi) is 4.50. The van der Waals surface area contributed by atoms with Gasteiger partial charge in [-0.25, -0.2) is 4.79 Å². The molecular formula is C7H6AgO5S. The minimum absolute atomic E-state index is 0. The monoisotopic (exact) mass is 309 g/mol. The van der Waals surface area contributed by atoms with E-state index in [2.05, 4.69) is 0 Å². The van der Waals surface area contributed by atoms with E-state index in [0.717, 1.165) is 12.1 Å². The maximum Gasteiger partial charge on any atom is 0.337 e. The smallest absolute Gasteiger partial charge is 0.337 e. The second kappa shape index (κ2) is 4.72. The molecule has 0 saturated carbocycles. The Hall–Kier alpha value is -0.660. The van der Waals surface area contributed by atoms with Gasteiger partial charge in [0.2, 0.25) is 0 Å². The fourth-order valence-electron chi connectivity index (χ4n) is 0.868. The Morgan fingerprint density at radius 3 is 2.07 bits per heavy atom. The molecule has 81 valence electrons. The van der Waals surface area contributed by atoms with Crippen LogP contribution in [-0.2, 0) is 32.5 Å². The van der Waals surface area contributed by atoms with Crippen LogP contribution in [0.15, 0.2) is 29.2 Å². The summed E-state index contributed by atoms with van der Waals surface area (Å²) >= 11 is 0. The van der Waals surface area contributed by atoms with E-state index < -0.39 is 26.5 Å². The molecule has 0 aliphatic heterocycles. The predicted octanol–water partition coefficient (Wildman–Crippen LogP) is 0.629. The fourth-order valence-corrected chi connectivity index (χ4v) is 1.55. The van der Waals surface area contributed by atoms with Crippen molar-refractivity contribution in [3.8, 4) is 0 Å². The third-order valence-electron chi connectivity index (χ3n) is 1.40. The van der Waals surface area contributed by atoms with Gasteiger partial charge in [0.1, 0.15) is 4.90 Å². The molecule has 0 amide bonds. The zero-order valence-electron chi connectivity index (χ0n) is 6.64. The van der Waals surface area contributed by atoms with Gasteiger partial charge < -0.3 is 5.11 Å². The maximum atomic E-state index is 10.7. The summed E-state index contributed by atoms with van der Waals surface area (Å²) in [5.41, 5.74) is -0.440. The summed E-state index contributed by atoms with van der Waals surface area (Å²) in [6.45, 7) is 0. The van der Waals surface area contributed by atoms with Gasteiger partial charge in [0, 0.05) is 22.4 Å². The molecule has 1 rings (SSSR count). The van der Waals surface area contributed by atoms with Crippen LogP contribution in [0, 0.1) is 0 Å². The summed E-state index contributed by atoms with van der Waals surface area (Å²) in [5, 5.41) is 8.55. The van der Waals surface area contributed by atoms with Crippen molar-refractivity contribution in [2.45, 2.75) is 4.90 Å². The molecule has 14 heavy (non-hydrogen) atoms. The number of hydrogen-bond donors (Lipinski definition) is 2. The van der Waals surface area contributed by atoms with E-state index in [1.54, 1.807) is 0 Å². The summed E-state index contributed by atoms with van der Waals surface area (Å²) in [7, 11) is -4.46. The van der Waals surface area contributed by atoms with Crippen molar-refractivity contribution in [1.29, 1.82) is 0 Å². The number of carbonyl (C=O) groups is 1. The first-order chi connectivity index (χ1) is 5.93. The number of rotatable bonds is 2. The first-order valence-corrected chi connectivity index (χ1v) is 4.67. The molecule has 0 saturated heterocycles. The maximum absolute atomic E-state index is 10.7. The van der Waals surface area contributed by atoms with Crippen LogP contribution in [0.5, 0.6) is 0 Å². The summed E-state index contributed by atoms with van der Waals surface area (Å²) < 4.78 is 29.9. The summed E-state index contributed by atoms with van der Waals surface area (Å²) in [5.74, 6) is -1.40. The third-order valence-corrected chi connectivity index (χ3v) is 2.31. The molecule has 0 bridgehead atoms. The van der Waals surface area contributed by atoms with Gasteiger partial charge in [-0.15, -0.1) is 0 Å². The first kappa shape index (κ1) is 13.3. The summed E-state index contributed by atoms with van der Waals surface area (Å²) in [4.78, 5) is 9.90. The molecule has 0 atom stereocenters. The van der Waals surface area contributed by atoms with Gasteiger partial charge in [0.15, 0.2) is 0 Å². The minimum atomic E-state index is -4.46. The van der Waals surface area contributed by atoms with Crippen LogP contribution < -0.4 is 0 Å². The number of carboxylic acids is 1. The second-order valence-electron chi connectivity index (χ2n) is 2.28. The first-order valence-electron chi connectivity index (χ1n) is 3.23. The van der Waals surface area contributed by atoms with Gasteiger partial charge in [-0.05, 0) is 12.1 Å². The molecule has 0 fully saturated rings. The molecule has 0 aromatic heterocycles. The third kappa shape index (κ3) is 2.93. The average Bonchev–Trinajstić information content (AvgIpc) is 2.03. The number of benzene rings is 1. The van der Waals surface area contributed by atoms with Crippen LogP contribution in [0.25, 0.3) is 0 Å². The van der Waals surface area contributed by atoms with Crippen molar-refractivity contribution in [3.63, 3.8) is 0 Å². The normalized spacial score (nSPS) is 10.4. The van der Waals surface area contributed by atoms with E-state index in [0.29, 0.717) is 0 Å². The van der Waals surface area contributed by atoms with Crippen LogP contribution >= 0.6 is 0 Å². The molecule has 1 radical (unpaired) electrons. The quantitative estimate of drug-likeness (QED) is 0.617. The SMILES string of the molecule is O=C(O)c1ccccc1S(=O)(=O)O.[Ag]. The molecule has 1 aromatic rings. The summed E-state index contributed by atoms with van der Waals surface area (Å²) in [6, 6.07) is 4.83. The molecule has 0 aliphatic rings. The summed E-state index contributed by atoms with van der Waals surface area (Å²) in [6.07, 6.45) is 0. The average molecular weight is 310 g/mol. The van der Waals surface area contributed by atoms with Crippen molar-refractivity contribution >= 4 is 16.1 Å². The molecule has 0 spiro atoms. The van der Waals surface area contributed by atoms with Crippen molar-refractivity contribution in [2.75, 3.05) is 0 Å². The minimum Gasteiger partial charge on any atom is -0.478 e. The molecule has 7 heteroatoms. The predicted molar refractivity (Wildman–Crippen MR) is 43.2 cm³/mol. The van der Waals surface area contributed by atoms with Crippen molar-refractivity contribution < 1.29 is 45.3 Å². The van der Waals surface area contributed by atoms with Gasteiger partial charge in [-0.3, -0.25) is 4.55 Å². The van der Waals surface area contributed by atoms with E-state index >= 15 is 0 Å². The molecule has 0 heterocycles. The van der Waals surface area contributed by atoms with Crippen molar-refractivity contribution in [2.24, 2.45) is 0 Å². The number of aromatic carboxylic acids is 1. The van der Waals surface area contributed by atoms with Crippen LogP contribution in [0.4, 0.5) is 0 Å².